The monoisotopic (exact) mass is 438 g/mol. The molecule has 1 aromatic carbocycles. The molecule has 160 valence electrons. The number of halogens is 2. The summed E-state index contributed by atoms with van der Waals surface area (Å²) in [6.07, 6.45) is 4.87. The number of rotatable bonds is 4. The summed E-state index contributed by atoms with van der Waals surface area (Å²) in [6, 6.07) is 10.8. The molecule has 3 aromatic rings. The van der Waals surface area contributed by atoms with Crippen molar-refractivity contribution in [3.05, 3.63) is 80.8 Å². The van der Waals surface area contributed by atoms with Gasteiger partial charge < -0.3 is 15.5 Å². The molecule has 1 saturated heterocycles. The molecule has 1 unspecified atom stereocenters. The van der Waals surface area contributed by atoms with E-state index in [-0.39, 0.29) is 17.7 Å². The summed E-state index contributed by atoms with van der Waals surface area (Å²) >= 11 is 1.69. The first-order valence-electron chi connectivity index (χ1n) is 10.5. The van der Waals surface area contributed by atoms with Crippen LogP contribution in [0.1, 0.15) is 22.4 Å². The van der Waals surface area contributed by atoms with Crippen molar-refractivity contribution in [2.45, 2.75) is 25.8 Å². The predicted octanol–water partition coefficient (Wildman–Crippen LogP) is 2.96. The van der Waals surface area contributed by atoms with Gasteiger partial charge in [-0.2, -0.15) is 0 Å². The van der Waals surface area contributed by atoms with Gasteiger partial charge in [0.1, 0.15) is 16.6 Å². The lowest BCUT2D eigenvalue weighted by Crippen LogP contribution is -2.51. The van der Waals surface area contributed by atoms with Crippen molar-refractivity contribution in [2.75, 3.05) is 25.0 Å². The number of hydrogen-bond donors (Lipinski definition) is 2. The van der Waals surface area contributed by atoms with Crippen molar-refractivity contribution in [2.24, 2.45) is 0 Å². The van der Waals surface area contributed by atoms with Crippen molar-refractivity contribution in [1.29, 1.82) is 0 Å². The number of aromatic nitrogens is 1. The number of nitrogens with one attached hydrogen (secondary N) is 2. The lowest BCUT2D eigenvalue weighted by molar-refractivity contribution is 0.268. The van der Waals surface area contributed by atoms with Crippen molar-refractivity contribution in [3.63, 3.8) is 0 Å². The minimum Gasteiger partial charge on any atom is -0.366 e. The van der Waals surface area contributed by atoms with Crippen LogP contribution in [0.15, 0.2) is 42.6 Å². The number of pyridine rings is 1. The molecule has 0 amide bonds. The van der Waals surface area contributed by atoms with Gasteiger partial charge in [0.05, 0.1) is 17.2 Å². The fourth-order valence-corrected chi connectivity index (χ4v) is 5.29. The van der Waals surface area contributed by atoms with E-state index in [1.165, 1.54) is 23.2 Å². The van der Waals surface area contributed by atoms with Crippen LogP contribution in [0, 0.1) is 18.6 Å². The summed E-state index contributed by atoms with van der Waals surface area (Å²) in [7, 11) is 0. The summed E-state index contributed by atoms with van der Waals surface area (Å²) in [5.74, 6) is -0.533. The smallest absolute Gasteiger partial charge is 0.142 e. The Kier molecular flexibility index (Phi) is 5.46. The van der Waals surface area contributed by atoms with Crippen LogP contribution in [0.25, 0.3) is 11.9 Å². The number of fused-ring (bicyclic) bond motifs is 2. The Morgan fingerprint density at radius 3 is 2.97 bits per heavy atom. The van der Waals surface area contributed by atoms with Crippen molar-refractivity contribution in [3.8, 4) is 0 Å². The highest BCUT2D eigenvalue weighted by Crippen LogP contribution is 2.34. The van der Waals surface area contributed by atoms with Crippen LogP contribution in [0.3, 0.4) is 0 Å². The van der Waals surface area contributed by atoms with E-state index in [2.05, 4.69) is 33.5 Å². The van der Waals surface area contributed by atoms with E-state index in [1.807, 2.05) is 12.3 Å². The highest BCUT2D eigenvalue weighted by Gasteiger charge is 2.26. The standard InChI is InChI=1S/C24H24F2N4S/c1-15-9-21-23(22-17(11-19(26)13-28-22)12-29-24(21)31-15)30-8-7-27-20(14-30)6-5-16-3-2-4-18(25)10-16/h2-4,9-13,20,27,29H,5-8,14H2,1H3. The lowest BCUT2D eigenvalue weighted by atomic mass is 10.0. The van der Waals surface area contributed by atoms with Crippen LogP contribution < -0.4 is 21.2 Å². The Morgan fingerprint density at radius 1 is 1.19 bits per heavy atom. The zero-order chi connectivity index (χ0) is 21.4. The van der Waals surface area contributed by atoms with Gasteiger partial charge in [-0.25, -0.2) is 8.78 Å². The molecule has 2 aliphatic rings. The number of aryl methyl sites for hydroxylation is 2. The maximum Gasteiger partial charge on any atom is 0.142 e. The second-order valence-electron chi connectivity index (χ2n) is 8.09. The van der Waals surface area contributed by atoms with Gasteiger partial charge >= 0.3 is 0 Å². The highest BCUT2D eigenvalue weighted by molar-refractivity contribution is 7.16. The van der Waals surface area contributed by atoms with Crippen molar-refractivity contribution < 1.29 is 8.78 Å². The second-order valence-corrected chi connectivity index (χ2v) is 9.35. The molecule has 0 spiro atoms. The zero-order valence-electron chi connectivity index (χ0n) is 17.3. The molecule has 31 heavy (non-hydrogen) atoms. The largest absolute Gasteiger partial charge is 0.366 e. The van der Waals surface area contributed by atoms with Crippen LogP contribution in [0.5, 0.6) is 0 Å². The van der Waals surface area contributed by atoms with E-state index < -0.39 is 0 Å². The normalized spacial score (nSPS) is 18.0. The highest BCUT2D eigenvalue weighted by atomic mass is 32.1. The van der Waals surface area contributed by atoms with E-state index >= 15 is 0 Å². The number of nitrogens with zero attached hydrogens (tertiary/aromatic N) is 2. The van der Waals surface area contributed by atoms with Crippen LogP contribution in [-0.4, -0.2) is 35.6 Å². The molecular formula is C24H24F2N4S. The number of benzene rings is 1. The van der Waals surface area contributed by atoms with Gasteiger partial charge in [-0.1, -0.05) is 12.1 Å². The molecule has 0 bridgehead atoms. The molecule has 2 aliphatic heterocycles. The summed E-state index contributed by atoms with van der Waals surface area (Å²) in [5.41, 5.74) is 3.17. The Morgan fingerprint density at radius 2 is 2.10 bits per heavy atom. The van der Waals surface area contributed by atoms with Crippen LogP contribution in [0.4, 0.5) is 13.8 Å². The summed E-state index contributed by atoms with van der Waals surface area (Å²) in [4.78, 5) is 8.07. The molecule has 0 saturated carbocycles. The zero-order valence-corrected chi connectivity index (χ0v) is 18.1. The van der Waals surface area contributed by atoms with Gasteiger partial charge in [-0.15, -0.1) is 11.3 Å². The van der Waals surface area contributed by atoms with Crippen molar-refractivity contribution >= 4 is 28.2 Å². The molecule has 1 atom stereocenters. The molecule has 4 nitrogen and oxygen atoms in total. The van der Waals surface area contributed by atoms with Gasteiger partial charge in [0.25, 0.3) is 0 Å². The molecule has 7 heteroatoms. The Labute approximate surface area is 183 Å². The minimum atomic E-state index is -0.342. The van der Waals surface area contributed by atoms with E-state index in [1.54, 1.807) is 23.5 Å². The minimum absolute atomic E-state index is 0.191. The number of thiophene rings is 1. The number of anilines is 1. The molecular weight excluding hydrogens is 414 g/mol. The summed E-state index contributed by atoms with van der Waals surface area (Å²) < 4.78 is 27.4. The average Bonchev–Trinajstić information content (AvgIpc) is 3.06. The fraction of sp³-hybridized carbons (Fsp3) is 0.292. The molecule has 0 aliphatic carbocycles. The maximum atomic E-state index is 13.9. The molecule has 4 heterocycles. The number of piperazine rings is 1. The number of hydrogen-bond acceptors (Lipinski definition) is 5. The van der Waals surface area contributed by atoms with E-state index in [0.717, 1.165) is 64.9 Å². The Balaban J connectivity index is 1.47. The molecule has 1 fully saturated rings. The van der Waals surface area contributed by atoms with E-state index in [9.17, 15) is 8.78 Å². The van der Waals surface area contributed by atoms with E-state index in [4.69, 9.17) is 0 Å². The van der Waals surface area contributed by atoms with Crippen molar-refractivity contribution in [1.82, 2.24) is 15.2 Å². The first kappa shape index (κ1) is 20.2. The lowest BCUT2D eigenvalue weighted by Gasteiger charge is -2.36. The fourth-order valence-electron chi connectivity index (χ4n) is 4.41. The van der Waals surface area contributed by atoms with Crippen LogP contribution in [0.2, 0.25) is 0 Å². The SMILES string of the molecule is Cc1cc2c(s1)NC=c1cc(F)cnc1=C2N1CCNC(CCc2cccc(F)c2)C1. The average molecular weight is 439 g/mol. The van der Waals surface area contributed by atoms with Gasteiger partial charge in [-0.3, -0.25) is 4.98 Å². The molecule has 0 radical (unpaired) electrons. The van der Waals surface area contributed by atoms with Gasteiger partial charge in [0, 0.05) is 47.5 Å². The van der Waals surface area contributed by atoms with Gasteiger partial charge in [0.15, 0.2) is 0 Å². The Bertz CT molecular complexity index is 1240. The third-order valence-corrected chi connectivity index (χ3v) is 6.80. The van der Waals surface area contributed by atoms with E-state index in [0.29, 0.717) is 0 Å². The van der Waals surface area contributed by atoms with Crippen LogP contribution in [-0.2, 0) is 6.42 Å². The van der Waals surface area contributed by atoms with Crippen LogP contribution >= 0.6 is 11.3 Å². The molecule has 5 rings (SSSR count). The first-order valence-corrected chi connectivity index (χ1v) is 11.3. The maximum absolute atomic E-state index is 13.9. The molecule has 2 N–H and O–H groups in total. The van der Waals surface area contributed by atoms with Gasteiger partial charge in [0.2, 0.25) is 0 Å². The first-order chi connectivity index (χ1) is 15.1. The Hall–Kier alpha value is -2.77. The third kappa shape index (κ3) is 4.20. The molecule has 2 aromatic heterocycles. The topological polar surface area (TPSA) is 40.2 Å². The third-order valence-electron chi connectivity index (χ3n) is 5.82. The second kappa shape index (κ2) is 8.40. The predicted molar refractivity (Wildman–Crippen MR) is 121 cm³/mol. The van der Waals surface area contributed by atoms with Gasteiger partial charge in [-0.05, 0) is 49.6 Å². The quantitative estimate of drug-likeness (QED) is 0.657. The summed E-state index contributed by atoms with van der Waals surface area (Å²) in [6.45, 7) is 4.61. The summed E-state index contributed by atoms with van der Waals surface area (Å²) in [5, 5.41) is 9.56.